The summed E-state index contributed by atoms with van der Waals surface area (Å²) in [6.07, 6.45) is 3.64. The number of carbonyl (C=O) groups is 4. The van der Waals surface area contributed by atoms with Gasteiger partial charge >= 0.3 is 0 Å². The largest absolute Gasteiger partial charge is 0.497 e. The summed E-state index contributed by atoms with van der Waals surface area (Å²) in [7, 11) is 1.58. The number of rotatable bonds is 10. The summed E-state index contributed by atoms with van der Waals surface area (Å²) >= 11 is 0. The number of methoxy groups -OCH3 is 1. The van der Waals surface area contributed by atoms with Crippen LogP contribution in [0.3, 0.4) is 0 Å². The second kappa shape index (κ2) is 13.2. The van der Waals surface area contributed by atoms with Crippen LogP contribution in [-0.2, 0) is 27.2 Å². The van der Waals surface area contributed by atoms with Crippen molar-refractivity contribution in [3.8, 4) is 16.9 Å². The lowest BCUT2D eigenvalue weighted by atomic mass is 9.92. The maximum absolute atomic E-state index is 14.3. The fraction of sp³-hybridized carbons (Fsp3) is 0.250. The number of fused-ring (bicyclic) bond motifs is 1. The van der Waals surface area contributed by atoms with Crippen LogP contribution >= 0.6 is 0 Å². The quantitative estimate of drug-likeness (QED) is 0.286. The van der Waals surface area contributed by atoms with E-state index >= 15 is 0 Å². The van der Waals surface area contributed by atoms with Crippen LogP contribution in [0.5, 0.6) is 5.75 Å². The standard InChI is InChI=1S/C36H34N4O5/c1-45-28-15-9-23(10-16-28)18-30(39-35(43)27-13-11-26(12-14-27)25-7-3-2-4-8-25)36(44)40-22-29(33-34(40)32(42)21-38-33)31(41)19-24-6-5-17-37-20-24/h2-17,20,29-30,33-34,38H,18-19,21-22H2,1H3,(H,39,43). The number of aromatic nitrogens is 1. The van der Waals surface area contributed by atoms with E-state index in [9.17, 15) is 19.2 Å². The number of hydrogen-bond acceptors (Lipinski definition) is 7. The minimum atomic E-state index is -0.971. The number of ether oxygens (including phenoxy) is 1. The Morgan fingerprint density at radius 2 is 1.67 bits per heavy atom. The first-order valence-corrected chi connectivity index (χ1v) is 15.0. The molecule has 228 valence electrons. The summed E-state index contributed by atoms with van der Waals surface area (Å²) in [5.41, 5.74) is 3.99. The fourth-order valence-corrected chi connectivity index (χ4v) is 6.25. The number of hydrogen-bond donors (Lipinski definition) is 2. The van der Waals surface area contributed by atoms with Crippen LogP contribution in [0, 0.1) is 5.92 Å². The van der Waals surface area contributed by atoms with Gasteiger partial charge in [-0.3, -0.25) is 24.2 Å². The van der Waals surface area contributed by atoms with E-state index in [-0.39, 0.29) is 37.5 Å². The van der Waals surface area contributed by atoms with E-state index in [1.54, 1.807) is 49.8 Å². The molecule has 6 rings (SSSR count). The van der Waals surface area contributed by atoms with Crippen LogP contribution in [0.4, 0.5) is 0 Å². The van der Waals surface area contributed by atoms with Crippen molar-refractivity contribution >= 4 is 23.4 Å². The highest BCUT2D eigenvalue weighted by Gasteiger charge is 2.53. The Labute approximate surface area is 261 Å². The third kappa shape index (κ3) is 6.53. The van der Waals surface area contributed by atoms with Gasteiger partial charge in [-0.1, -0.05) is 60.7 Å². The molecule has 0 radical (unpaired) electrons. The number of nitrogens with one attached hydrogen (secondary N) is 2. The van der Waals surface area contributed by atoms with Crippen molar-refractivity contribution in [1.29, 1.82) is 0 Å². The fourth-order valence-electron chi connectivity index (χ4n) is 6.25. The Morgan fingerprint density at radius 1 is 0.933 bits per heavy atom. The minimum Gasteiger partial charge on any atom is -0.497 e. The van der Waals surface area contributed by atoms with E-state index in [0.29, 0.717) is 11.3 Å². The summed E-state index contributed by atoms with van der Waals surface area (Å²) < 4.78 is 5.28. The van der Waals surface area contributed by atoms with Crippen LogP contribution in [-0.4, -0.2) is 71.6 Å². The zero-order valence-electron chi connectivity index (χ0n) is 24.9. The Morgan fingerprint density at radius 3 is 2.36 bits per heavy atom. The van der Waals surface area contributed by atoms with Gasteiger partial charge in [-0.15, -0.1) is 0 Å². The number of likely N-dealkylation sites (tertiary alicyclic amines) is 1. The van der Waals surface area contributed by atoms with Crippen LogP contribution in [0.25, 0.3) is 11.1 Å². The van der Waals surface area contributed by atoms with Crippen molar-refractivity contribution in [2.24, 2.45) is 5.92 Å². The highest BCUT2D eigenvalue weighted by molar-refractivity contribution is 6.01. The van der Waals surface area contributed by atoms with Gasteiger partial charge in [0.2, 0.25) is 5.91 Å². The molecular weight excluding hydrogens is 568 g/mol. The molecule has 3 heterocycles. The van der Waals surface area contributed by atoms with Gasteiger partial charge in [-0.25, -0.2) is 0 Å². The number of pyridine rings is 1. The molecule has 3 aromatic carbocycles. The monoisotopic (exact) mass is 602 g/mol. The second-order valence-corrected chi connectivity index (χ2v) is 11.4. The van der Waals surface area contributed by atoms with Gasteiger partial charge in [0.1, 0.15) is 23.6 Å². The molecule has 2 fully saturated rings. The molecule has 0 bridgehead atoms. The number of amides is 2. The Bertz CT molecular complexity index is 1680. The molecule has 9 nitrogen and oxygen atoms in total. The Hall–Kier alpha value is -5.15. The molecule has 2 aliphatic heterocycles. The van der Waals surface area contributed by atoms with Crippen LogP contribution in [0.1, 0.15) is 21.5 Å². The third-order valence-corrected chi connectivity index (χ3v) is 8.60. The second-order valence-electron chi connectivity index (χ2n) is 11.4. The van der Waals surface area contributed by atoms with Crippen molar-refractivity contribution in [1.82, 2.24) is 20.5 Å². The molecule has 0 saturated carbocycles. The van der Waals surface area contributed by atoms with Gasteiger partial charge < -0.3 is 20.3 Å². The van der Waals surface area contributed by atoms with Crippen molar-refractivity contribution < 1.29 is 23.9 Å². The number of carbonyl (C=O) groups excluding carboxylic acids is 4. The molecule has 0 spiro atoms. The SMILES string of the molecule is COc1ccc(CC(NC(=O)c2ccc(-c3ccccc3)cc2)C(=O)N2CC(C(=O)Cc3cccnc3)C3NCC(=O)C32)cc1. The minimum absolute atomic E-state index is 0.0651. The number of nitrogens with zero attached hydrogens (tertiary/aromatic N) is 2. The zero-order valence-corrected chi connectivity index (χ0v) is 24.9. The predicted octanol–water partition coefficient (Wildman–Crippen LogP) is 3.28. The van der Waals surface area contributed by atoms with Gasteiger partial charge in [0, 0.05) is 43.4 Å². The first-order chi connectivity index (χ1) is 21.9. The molecule has 2 amide bonds. The normalized spacial score (nSPS) is 19.5. The van der Waals surface area contributed by atoms with Crippen molar-refractivity contribution in [3.05, 3.63) is 120 Å². The Balaban J connectivity index is 1.24. The summed E-state index contributed by atoms with van der Waals surface area (Å²) in [6.45, 7) is 0.172. The molecular formula is C36H34N4O5. The van der Waals surface area contributed by atoms with Gasteiger partial charge in [-0.05, 0) is 52.6 Å². The maximum atomic E-state index is 14.3. The molecule has 4 aromatic rings. The topological polar surface area (TPSA) is 118 Å². The Kier molecular flexibility index (Phi) is 8.79. The van der Waals surface area contributed by atoms with Crippen molar-refractivity contribution in [2.75, 3.05) is 20.2 Å². The van der Waals surface area contributed by atoms with Crippen molar-refractivity contribution in [2.45, 2.75) is 31.0 Å². The molecule has 9 heteroatoms. The molecule has 4 atom stereocenters. The van der Waals surface area contributed by atoms with E-state index in [2.05, 4.69) is 15.6 Å². The average molecular weight is 603 g/mol. The third-order valence-electron chi connectivity index (χ3n) is 8.60. The number of Topliss-reactive ketones (excluding diaryl/α,β-unsaturated/α-hetero) is 2. The van der Waals surface area contributed by atoms with Gasteiger partial charge in [0.25, 0.3) is 5.91 Å². The van der Waals surface area contributed by atoms with Crippen LogP contribution in [0.15, 0.2) is 103 Å². The van der Waals surface area contributed by atoms with E-state index in [1.807, 2.05) is 60.7 Å². The molecule has 45 heavy (non-hydrogen) atoms. The van der Waals surface area contributed by atoms with Gasteiger partial charge in [0.15, 0.2) is 5.78 Å². The maximum Gasteiger partial charge on any atom is 0.251 e. The molecule has 4 unspecified atom stereocenters. The van der Waals surface area contributed by atoms with E-state index < -0.39 is 35.9 Å². The number of ketones is 2. The molecule has 1 aromatic heterocycles. The van der Waals surface area contributed by atoms with Crippen LogP contribution in [0.2, 0.25) is 0 Å². The van der Waals surface area contributed by atoms with Gasteiger partial charge in [-0.2, -0.15) is 0 Å². The lowest BCUT2D eigenvalue weighted by Gasteiger charge is -2.28. The molecule has 2 aliphatic rings. The molecule has 2 N–H and O–H groups in total. The molecule has 0 aliphatic carbocycles. The smallest absolute Gasteiger partial charge is 0.251 e. The summed E-state index contributed by atoms with van der Waals surface area (Å²) in [4.78, 5) is 59.9. The first kappa shape index (κ1) is 29.9. The lowest BCUT2D eigenvalue weighted by Crippen LogP contribution is -2.53. The van der Waals surface area contributed by atoms with Crippen LogP contribution < -0.4 is 15.4 Å². The summed E-state index contributed by atoms with van der Waals surface area (Å²) in [5, 5.41) is 6.11. The first-order valence-electron chi connectivity index (χ1n) is 15.0. The summed E-state index contributed by atoms with van der Waals surface area (Å²) in [5.74, 6) is -0.903. The number of benzene rings is 3. The van der Waals surface area contributed by atoms with E-state index in [4.69, 9.17) is 4.74 Å². The van der Waals surface area contributed by atoms with E-state index in [0.717, 1.165) is 22.3 Å². The summed E-state index contributed by atoms with van der Waals surface area (Å²) in [6, 6.07) is 25.7. The molecule has 2 saturated heterocycles. The highest BCUT2D eigenvalue weighted by Crippen LogP contribution is 2.31. The van der Waals surface area contributed by atoms with Gasteiger partial charge in [0.05, 0.1) is 19.6 Å². The zero-order chi connectivity index (χ0) is 31.3. The highest BCUT2D eigenvalue weighted by atomic mass is 16.5. The van der Waals surface area contributed by atoms with Crippen molar-refractivity contribution in [3.63, 3.8) is 0 Å². The predicted molar refractivity (Wildman–Crippen MR) is 169 cm³/mol. The van der Waals surface area contributed by atoms with E-state index in [1.165, 1.54) is 4.90 Å². The lowest BCUT2D eigenvalue weighted by molar-refractivity contribution is -0.138. The average Bonchev–Trinajstić information content (AvgIpc) is 3.66.